The molecule has 1 radical (unpaired) electrons. The van der Waals surface area contributed by atoms with Gasteiger partial charge in [0.05, 0.1) is 0 Å². The van der Waals surface area contributed by atoms with Crippen LogP contribution in [-0.2, 0) is 25.6 Å². The number of hydrogen-bond donors (Lipinski definition) is 0. The highest BCUT2D eigenvalue weighted by molar-refractivity contribution is 6.35. The topological polar surface area (TPSA) is 3.24 Å². The maximum atomic E-state index is 2.66. The number of rotatable bonds is 6. The second kappa shape index (κ2) is 7.01. The van der Waals surface area contributed by atoms with E-state index in [1.807, 2.05) is 0 Å². The summed E-state index contributed by atoms with van der Waals surface area (Å²) in [6.45, 7) is 13.3. The molecule has 0 atom stereocenters. The van der Waals surface area contributed by atoms with Crippen LogP contribution in [0.4, 0.5) is 0 Å². The van der Waals surface area contributed by atoms with Crippen molar-refractivity contribution in [2.24, 2.45) is 11.3 Å². The summed E-state index contributed by atoms with van der Waals surface area (Å²) in [6.07, 6.45) is 7.49. The SMILES string of the molecule is CCc1c(CC2CN(CC(C)(C)CC)C2)ccc2c1C[B]CC2. The lowest BCUT2D eigenvalue weighted by molar-refractivity contribution is 0.0571. The molecule has 0 unspecified atom stereocenters. The zero-order valence-corrected chi connectivity index (χ0v) is 15.6. The van der Waals surface area contributed by atoms with Gasteiger partial charge in [-0.15, -0.1) is 0 Å². The Morgan fingerprint density at radius 1 is 1.22 bits per heavy atom. The summed E-state index contributed by atoms with van der Waals surface area (Å²) in [5.74, 6) is 0.874. The standard InChI is InChI=1S/C21H33BN/c1-5-19-18(8-7-17-9-10-22-12-20(17)19)11-16-13-23(14-16)15-21(3,4)6-2/h7-8,16H,5-6,9-15H2,1-4H3. The Hall–Kier alpha value is -0.755. The van der Waals surface area contributed by atoms with Gasteiger partial charge in [-0.2, -0.15) is 0 Å². The molecular formula is C21H33BN. The number of nitrogens with zero attached hydrogens (tertiary/aromatic N) is 1. The van der Waals surface area contributed by atoms with Gasteiger partial charge >= 0.3 is 0 Å². The van der Waals surface area contributed by atoms with Crippen molar-refractivity contribution in [2.45, 2.75) is 66.0 Å². The summed E-state index contributed by atoms with van der Waals surface area (Å²) in [5, 5.41) is 0. The Balaban J connectivity index is 1.62. The molecule has 3 rings (SSSR count). The molecule has 2 aliphatic rings. The summed E-state index contributed by atoms with van der Waals surface area (Å²) in [4.78, 5) is 2.66. The van der Waals surface area contributed by atoms with Gasteiger partial charge in [0.25, 0.3) is 0 Å². The summed E-state index contributed by atoms with van der Waals surface area (Å²) < 4.78 is 0. The number of benzene rings is 1. The first-order valence-corrected chi connectivity index (χ1v) is 9.69. The van der Waals surface area contributed by atoms with Crippen molar-refractivity contribution in [2.75, 3.05) is 19.6 Å². The van der Waals surface area contributed by atoms with E-state index in [2.05, 4.69) is 52.0 Å². The predicted octanol–water partition coefficient (Wildman–Crippen LogP) is 4.34. The molecule has 0 N–H and O–H groups in total. The molecule has 0 aliphatic carbocycles. The molecule has 125 valence electrons. The second-order valence-corrected chi connectivity index (χ2v) is 8.51. The molecule has 0 spiro atoms. The van der Waals surface area contributed by atoms with Gasteiger partial charge in [0, 0.05) is 19.6 Å². The van der Waals surface area contributed by atoms with Crippen LogP contribution >= 0.6 is 0 Å². The van der Waals surface area contributed by atoms with Crippen molar-refractivity contribution < 1.29 is 0 Å². The summed E-state index contributed by atoms with van der Waals surface area (Å²) in [6, 6.07) is 4.87. The highest BCUT2D eigenvalue weighted by Gasteiger charge is 2.31. The van der Waals surface area contributed by atoms with E-state index in [0.717, 1.165) is 5.92 Å². The van der Waals surface area contributed by atoms with Gasteiger partial charge in [0.2, 0.25) is 0 Å². The van der Waals surface area contributed by atoms with Crippen LogP contribution in [0.2, 0.25) is 6.32 Å². The molecule has 2 aliphatic heterocycles. The molecule has 2 heteroatoms. The van der Waals surface area contributed by atoms with E-state index < -0.39 is 0 Å². The van der Waals surface area contributed by atoms with Crippen molar-refractivity contribution in [1.29, 1.82) is 0 Å². The van der Waals surface area contributed by atoms with E-state index in [4.69, 9.17) is 0 Å². The van der Waals surface area contributed by atoms with Gasteiger partial charge in [0.15, 0.2) is 0 Å². The minimum Gasteiger partial charge on any atom is -0.302 e. The summed E-state index contributed by atoms with van der Waals surface area (Å²) in [7, 11) is 2.48. The molecule has 2 heterocycles. The third-order valence-electron chi connectivity index (χ3n) is 6.10. The summed E-state index contributed by atoms with van der Waals surface area (Å²) >= 11 is 0. The third-order valence-corrected chi connectivity index (χ3v) is 6.10. The van der Waals surface area contributed by atoms with Crippen LogP contribution in [0.3, 0.4) is 0 Å². The molecule has 0 bridgehead atoms. The van der Waals surface area contributed by atoms with Crippen LogP contribution in [-0.4, -0.2) is 31.8 Å². The molecule has 1 fully saturated rings. The van der Waals surface area contributed by atoms with Gasteiger partial charge in [-0.3, -0.25) is 0 Å². The molecule has 0 saturated carbocycles. The largest absolute Gasteiger partial charge is 0.302 e. The van der Waals surface area contributed by atoms with Gasteiger partial charge in [-0.05, 0) is 59.3 Å². The van der Waals surface area contributed by atoms with E-state index in [9.17, 15) is 0 Å². The fourth-order valence-corrected chi connectivity index (χ4v) is 4.38. The maximum Gasteiger partial charge on any atom is 0.115 e. The van der Waals surface area contributed by atoms with Crippen LogP contribution in [0.15, 0.2) is 12.1 Å². The quantitative estimate of drug-likeness (QED) is 0.707. The van der Waals surface area contributed by atoms with E-state index in [-0.39, 0.29) is 0 Å². The Morgan fingerprint density at radius 3 is 2.70 bits per heavy atom. The van der Waals surface area contributed by atoms with Crippen LogP contribution in [0.1, 0.15) is 56.4 Å². The predicted molar refractivity (Wildman–Crippen MR) is 101 cm³/mol. The van der Waals surface area contributed by atoms with Gasteiger partial charge in [-0.25, -0.2) is 0 Å². The zero-order valence-electron chi connectivity index (χ0n) is 15.6. The number of fused-ring (bicyclic) bond motifs is 1. The van der Waals surface area contributed by atoms with E-state index in [1.165, 1.54) is 58.0 Å². The molecule has 1 aromatic rings. The van der Waals surface area contributed by atoms with Crippen molar-refractivity contribution in [1.82, 2.24) is 4.90 Å². The van der Waals surface area contributed by atoms with Crippen molar-refractivity contribution in [3.63, 3.8) is 0 Å². The molecule has 1 saturated heterocycles. The average Bonchev–Trinajstić information content (AvgIpc) is 2.52. The minimum atomic E-state index is 0.473. The van der Waals surface area contributed by atoms with Crippen LogP contribution in [0.5, 0.6) is 0 Å². The van der Waals surface area contributed by atoms with Crippen LogP contribution in [0, 0.1) is 11.3 Å². The smallest absolute Gasteiger partial charge is 0.115 e. The Kier molecular flexibility index (Phi) is 5.21. The number of aryl methyl sites for hydroxylation is 1. The molecular weight excluding hydrogens is 277 g/mol. The van der Waals surface area contributed by atoms with Gasteiger partial charge in [-0.1, -0.05) is 52.5 Å². The van der Waals surface area contributed by atoms with Crippen LogP contribution in [0.25, 0.3) is 0 Å². The second-order valence-electron chi connectivity index (χ2n) is 8.51. The fraction of sp³-hybridized carbons (Fsp3) is 0.714. The van der Waals surface area contributed by atoms with E-state index in [0.29, 0.717) is 5.41 Å². The number of likely N-dealkylation sites (tertiary alicyclic amines) is 1. The highest BCUT2D eigenvalue weighted by Crippen LogP contribution is 2.31. The normalized spacial score (nSPS) is 19.1. The Morgan fingerprint density at radius 2 is 2.00 bits per heavy atom. The van der Waals surface area contributed by atoms with Crippen LogP contribution < -0.4 is 0 Å². The van der Waals surface area contributed by atoms with Gasteiger partial charge in [0.1, 0.15) is 7.28 Å². The summed E-state index contributed by atoms with van der Waals surface area (Å²) in [5.41, 5.74) is 7.07. The first-order valence-electron chi connectivity index (χ1n) is 9.69. The third kappa shape index (κ3) is 3.84. The monoisotopic (exact) mass is 310 g/mol. The van der Waals surface area contributed by atoms with E-state index >= 15 is 0 Å². The van der Waals surface area contributed by atoms with Crippen molar-refractivity contribution >= 4 is 7.28 Å². The fourth-order valence-electron chi connectivity index (χ4n) is 4.38. The molecule has 1 aromatic carbocycles. The number of hydrogen-bond acceptors (Lipinski definition) is 1. The molecule has 23 heavy (non-hydrogen) atoms. The first kappa shape index (κ1) is 17.1. The lowest BCUT2D eigenvalue weighted by Gasteiger charge is -2.43. The van der Waals surface area contributed by atoms with Crippen molar-refractivity contribution in [3.05, 3.63) is 34.4 Å². The lowest BCUT2D eigenvalue weighted by atomic mass is 9.61. The Bertz CT molecular complexity index is 543. The Labute approximate surface area is 144 Å². The van der Waals surface area contributed by atoms with Gasteiger partial charge < -0.3 is 4.90 Å². The van der Waals surface area contributed by atoms with E-state index in [1.54, 1.807) is 22.3 Å². The first-order chi connectivity index (χ1) is 11.0. The minimum absolute atomic E-state index is 0.473. The lowest BCUT2D eigenvalue weighted by Crippen LogP contribution is -2.51. The molecule has 1 nitrogen and oxygen atoms in total. The zero-order chi connectivity index (χ0) is 16.4. The van der Waals surface area contributed by atoms with Crippen molar-refractivity contribution in [3.8, 4) is 0 Å². The maximum absolute atomic E-state index is 2.66. The average molecular weight is 310 g/mol. The molecule has 0 aromatic heterocycles. The highest BCUT2D eigenvalue weighted by atomic mass is 15.2. The molecule has 0 amide bonds.